The van der Waals surface area contributed by atoms with E-state index in [4.69, 9.17) is 9.26 Å². The fourth-order valence-corrected chi connectivity index (χ4v) is 4.35. The number of piperidine rings is 1. The normalized spacial score (nSPS) is 17.9. The zero-order valence-electron chi connectivity index (χ0n) is 17.2. The summed E-state index contributed by atoms with van der Waals surface area (Å²) in [5.41, 5.74) is 2.59. The second-order valence-electron chi connectivity index (χ2n) is 8.57. The highest BCUT2D eigenvalue weighted by molar-refractivity contribution is 5.94. The highest BCUT2D eigenvalue weighted by atomic mass is 16.5. The van der Waals surface area contributed by atoms with Gasteiger partial charge in [-0.15, -0.1) is 10.2 Å². The van der Waals surface area contributed by atoms with Crippen molar-refractivity contribution in [1.29, 1.82) is 0 Å². The molecule has 3 heterocycles. The van der Waals surface area contributed by atoms with Crippen molar-refractivity contribution in [1.82, 2.24) is 30.7 Å². The minimum Gasteiger partial charge on any atom is -0.490 e. The van der Waals surface area contributed by atoms with E-state index in [1.807, 2.05) is 42.5 Å². The second-order valence-corrected chi connectivity index (χ2v) is 8.57. The molecule has 6 rings (SSSR count). The number of tetrazole rings is 1. The van der Waals surface area contributed by atoms with Gasteiger partial charge in [-0.2, -0.15) is 5.21 Å². The maximum atomic E-state index is 6.34. The lowest BCUT2D eigenvalue weighted by Gasteiger charge is -2.32. The van der Waals surface area contributed by atoms with E-state index >= 15 is 0 Å². The van der Waals surface area contributed by atoms with E-state index < -0.39 is 0 Å². The minimum absolute atomic E-state index is 0.266. The first kappa shape index (κ1) is 18.5. The molecule has 1 N–H and O–H groups in total. The first-order valence-corrected chi connectivity index (χ1v) is 10.9. The molecule has 2 aliphatic rings. The summed E-state index contributed by atoms with van der Waals surface area (Å²) in [7, 11) is 0. The van der Waals surface area contributed by atoms with Crippen molar-refractivity contribution in [2.45, 2.75) is 31.8 Å². The quantitative estimate of drug-likeness (QED) is 0.509. The number of likely N-dealkylation sites (tertiary alicyclic amines) is 1. The SMILES string of the molecule is c1cc(OC2CCN(CC3CC3)CC2)cc(-c2onc3ccc(-c4nn[nH]n4)cc23)c1. The van der Waals surface area contributed by atoms with Crippen molar-refractivity contribution in [3.8, 4) is 28.5 Å². The molecule has 0 bridgehead atoms. The molecule has 8 heteroatoms. The van der Waals surface area contributed by atoms with Crippen LogP contribution in [0.1, 0.15) is 25.7 Å². The van der Waals surface area contributed by atoms with Crippen LogP contribution < -0.4 is 4.74 Å². The monoisotopic (exact) mass is 416 g/mol. The number of rotatable bonds is 6. The number of aromatic amines is 1. The molecule has 1 saturated carbocycles. The van der Waals surface area contributed by atoms with Crippen LogP contribution in [0.15, 0.2) is 47.0 Å². The fraction of sp³-hybridized carbons (Fsp3) is 0.391. The predicted molar refractivity (Wildman–Crippen MR) is 115 cm³/mol. The Morgan fingerprint density at radius 1 is 1.03 bits per heavy atom. The van der Waals surface area contributed by atoms with Crippen molar-refractivity contribution in [2.24, 2.45) is 5.92 Å². The summed E-state index contributed by atoms with van der Waals surface area (Å²) in [5.74, 6) is 3.08. The Hall–Kier alpha value is -3.26. The molecular weight excluding hydrogens is 392 g/mol. The largest absolute Gasteiger partial charge is 0.490 e. The highest BCUT2D eigenvalue weighted by Gasteiger charge is 2.27. The number of benzene rings is 2. The van der Waals surface area contributed by atoms with Crippen molar-refractivity contribution in [2.75, 3.05) is 19.6 Å². The van der Waals surface area contributed by atoms with Gasteiger partial charge in [0.15, 0.2) is 5.76 Å². The third kappa shape index (κ3) is 3.90. The molecule has 2 fully saturated rings. The second kappa shape index (κ2) is 7.77. The summed E-state index contributed by atoms with van der Waals surface area (Å²) < 4.78 is 12.0. The number of hydrogen-bond acceptors (Lipinski definition) is 7. The molecule has 0 amide bonds. The summed E-state index contributed by atoms with van der Waals surface area (Å²) >= 11 is 0. The first-order chi connectivity index (χ1) is 15.3. The Morgan fingerprint density at radius 3 is 2.74 bits per heavy atom. The van der Waals surface area contributed by atoms with Crippen LogP contribution >= 0.6 is 0 Å². The van der Waals surface area contributed by atoms with E-state index in [0.717, 1.165) is 59.6 Å². The number of aromatic nitrogens is 5. The summed E-state index contributed by atoms with van der Waals surface area (Å²) in [6, 6.07) is 13.9. The molecule has 2 aromatic heterocycles. The minimum atomic E-state index is 0.266. The van der Waals surface area contributed by atoms with Crippen LogP contribution in [0.5, 0.6) is 5.75 Å². The molecule has 0 radical (unpaired) electrons. The van der Waals surface area contributed by atoms with Crippen LogP contribution in [0, 0.1) is 5.92 Å². The molecular formula is C23H24N6O2. The van der Waals surface area contributed by atoms with Crippen molar-refractivity contribution in [3.05, 3.63) is 42.5 Å². The third-order valence-electron chi connectivity index (χ3n) is 6.23. The highest BCUT2D eigenvalue weighted by Crippen LogP contribution is 2.34. The third-order valence-corrected chi connectivity index (χ3v) is 6.23. The molecule has 8 nitrogen and oxygen atoms in total. The smallest absolute Gasteiger partial charge is 0.204 e. The van der Waals surface area contributed by atoms with Crippen LogP contribution in [0.3, 0.4) is 0 Å². The van der Waals surface area contributed by atoms with Gasteiger partial charge in [0.1, 0.15) is 17.4 Å². The number of hydrogen-bond donors (Lipinski definition) is 1. The van der Waals surface area contributed by atoms with Gasteiger partial charge in [0.05, 0.1) is 5.39 Å². The fourth-order valence-electron chi connectivity index (χ4n) is 4.35. The topological polar surface area (TPSA) is 93.0 Å². The molecule has 158 valence electrons. The van der Waals surface area contributed by atoms with Gasteiger partial charge in [-0.25, -0.2) is 0 Å². The molecule has 4 aromatic rings. The first-order valence-electron chi connectivity index (χ1n) is 10.9. The van der Waals surface area contributed by atoms with Crippen molar-refractivity contribution < 1.29 is 9.26 Å². The van der Waals surface area contributed by atoms with Crippen molar-refractivity contribution >= 4 is 10.9 Å². The number of nitrogens with one attached hydrogen (secondary N) is 1. The van der Waals surface area contributed by atoms with E-state index in [-0.39, 0.29) is 6.10 Å². The average molecular weight is 416 g/mol. The van der Waals surface area contributed by atoms with Gasteiger partial charge in [-0.05, 0) is 67.1 Å². The van der Waals surface area contributed by atoms with Gasteiger partial charge in [-0.3, -0.25) is 0 Å². The van der Waals surface area contributed by atoms with Gasteiger partial charge < -0.3 is 14.2 Å². The van der Waals surface area contributed by atoms with E-state index in [1.165, 1.54) is 19.4 Å². The van der Waals surface area contributed by atoms with Crippen LogP contribution in [0.4, 0.5) is 0 Å². The number of ether oxygens (including phenoxy) is 1. The Kier molecular flexibility index (Phi) is 4.64. The van der Waals surface area contributed by atoms with E-state index in [9.17, 15) is 0 Å². The van der Waals surface area contributed by atoms with E-state index in [0.29, 0.717) is 11.6 Å². The molecule has 1 saturated heterocycles. The van der Waals surface area contributed by atoms with Gasteiger partial charge in [0.25, 0.3) is 0 Å². The average Bonchev–Trinajstić information content (AvgIpc) is 3.27. The van der Waals surface area contributed by atoms with Crippen LogP contribution in [0.2, 0.25) is 0 Å². The Balaban J connectivity index is 1.21. The maximum Gasteiger partial charge on any atom is 0.204 e. The van der Waals surface area contributed by atoms with Gasteiger partial charge >= 0.3 is 0 Å². The summed E-state index contributed by atoms with van der Waals surface area (Å²) in [6.07, 6.45) is 5.25. The predicted octanol–water partition coefficient (Wildman–Crippen LogP) is 3.93. The molecule has 1 aliphatic carbocycles. The number of H-pyrrole nitrogens is 1. The van der Waals surface area contributed by atoms with Gasteiger partial charge in [-0.1, -0.05) is 17.3 Å². The lowest BCUT2D eigenvalue weighted by molar-refractivity contribution is 0.0981. The van der Waals surface area contributed by atoms with Crippen LogP contribution in [-0.4, -0.2) is 56.4 Å². The van der Waals surface area contributed by atoms with Crippen LogP contribution in [0.25, 0.3) is 33.6 Å². The molecule has 0 spiro atoms. The maximum absolute atomic E-state index is 6.34. The van der Waals surface area contributed by atoms with E-state index in [1.54, 1.807) is 0 Å². The standard InChI is InChI=1S/C23H24N6O2/c1-2-16(12-19(3-1)30-18-8-10-29(11-9-18)14-15-4-5-15)22-20-13-17(23-24-27-28-25-23)6-7-21(20)26-31-22/h1-3,6-7,12-13,15,18H,4-5,8-11,14H2,(H,24,25,27,28). The lowest BCUT2D eigenvalue weighted by atomic mass is 10.1. The molecule has 0 atom stereocenters. The molecule has 2 aromatic carbocycles. The molecule has 1 aliphatic heterocycles. The number of nitrogens with zero attached hydrogens (tertiary/aromatic N) is 5. The lowest BCUT2D eigenvalue weighted by Crippen LogP contribution is -2.39. The summed E-state index contributed by atoms with van der Waals surface area (Å²) in [5, 5.41) is 19.4. The zero-order chi connectivity index (χ0) is 20.6. The van der Waals surface area contributed by atoms with Gasteiger partial charge in [0, 0.05) is 30.8 Å². The summed E-state index contributed by atoms with van der Waals surface area (Å²) in [4.78, 5) is 2.59. The Bertz CT molecular complexity index is 1180. The molecule has 31 heavy (non-hydrogen) atoms. The Labute approximate surface area is 179 Å². The van der Waals surface area contributed by atoms with Crippen LogP contribution in [-0.2, 0) is 0 Å². The van der Waals surface area contributed by atoms with Gasteiger partial charge in [0.2, 0.25) is 5.82 Å². The number of fused-ring (bicyclic) bond motifs is 1. The summed E-state index contributed by atoms with van der Waals surface area (Å²) in [6.45, 7) is 3.53. The van der Waals surface area contributed by atoms with Crippen molar-refractivity contribution in [3.63, 3.8) is 0 Å². The van der Waals surface area contributed by atoms with E-state index in [2.05, 4.69) is 30.7 Å². The Morgan fingerprint density at radius 2 is 1.94 bits per heavy atom. The molecule has 0 unspecified atom stereocenters. The zero-order valence-corrected chi connectivity index (χ0v) is 17.2.